The predicted molar refractivity (Wildman–Crippen MR) is 101 cm³/mol. The number of hydrogen-bond acceptors (Lipinski definition) is 4. The number of aromatic carboxylic acids is 1. The van der Waals surface area contributed by atoms with Crippen molar-refractivity contribution in [2.75, 3.05) is 6.54 Å². The number of carbonyl (C=O) groups excluding carboxylic acids is 1. The quantitative estimate of drug-likeness (QED) is 0.768. The molecule has 0 aliphatic carbocycles. The molecule has 1 amide bonds. The Bertz CT molecular complexity index is 744. The molecule has 2 N–H and O–H groups in total. The maximum atomic E-state index is 11.5. The fourth-order valence-corrected chi connectivity index (χ4v) is 2.63. The molecule has 8 heteroatoms. The van der Waals surface area contributed by atoms with Gasteiger partial charge in [0.15, 0.2) is 0 Å². The number of benzene rings is 1. The zero-order chi connectivity index (χ0) is 19.7. The zero-order valence-corrected chi connectivity index (χ0v) is 16.3. The molecule has 1 fully saturated rings. The number of rotatable bonds is 5. The first-order chi connectivity index (χ1) is 11.9. The lowest BCUT2D eigenvalue weighted by atomic mass is 9.76. The Kier molecular flexibility index (Phi) is 5.85. The second-order valence-electron chi connectivity index (χ2n) is 7.25. The van der Waals surface area contributed by atoms with Crippen molar-refractivity contribution in [3.8, 4) is 0 Å². The van der Waals surface area contributed by atoms with Crippen molar-refractivity contribution >= 4 is 36.7 Å². The molecule has 26 heavy (non-hydrogen) atoms. The molecule has 0 saturated carbocycles. The van der Waals surface area contributed by atoms with Crippen molar-refractivity contribution in [3.63, 3.8) is 0 Å². The van der Waals surface area contributed by atoms with Crippen LogP contribution in [0.25, 0.3) is 6.08 Å². The summed E-state index contributed by atoms with van der Waals surface area (Å²) in [4.78, 5) is 22.9. The van der Waals surface area contributed by atoms with Crippen molar-refractivity contribution < 1.29 is 24.0 Å². The Morgan fingerprint density at radius 3 is 2.31 bits per heavy atom. The average Bonchev–Trinajstić information content (AvgIpc) is 2.72. The number of halogens is 1. The van der Waals surface area contributed by atoms with Crippen LogP contribution < -0.4 is 5.32 Å². The largest absolute Gasteiger partial charge is 0.492 e. The Labute approximate surface area is 158 Å². The van der Waals surface area contributed by atoms with Crippen molar-refractivity contribution in [2.45, 2.75) is 45.8 Å². The summed E-state index contributed by atoms with van der Waals surface area (Å²) in [5, 5.41) is 12.5. The van der Waals surface area contributed by atoms with E-state index in [1.165, 1.54) is 13.0 Å². The summed E-state index contributed by atoms with van der Waals surface area (Å²) in [6.45, 7) is 9.28. The zero-order valence-electron chi connectivity index (χ0n) is 15.6. The van der Waals surface area contributed by atoms with Crippen molar-refractivity contribution in [1.82, 2.24) is 5.32 Å². The minimum Gasteiger partial charge on any atom is -0.478 e. The van der Waals surface area contributed by atoms with Crippen molar-refractivity contribution in [1.29, 1.82) is 0 Å². The van der Waals surface area contributed by atoms with E-state index in [4.69, 9.17) is 20.9 Å². The van der Waals surface area contributed by atoms with Gasteiger partial charge in [-0.15, -0.1) is 0 Å². The number of hydrogen-bond donors (Lipinski definition) is 2. The van der Waals surface area contributed by atoms with Crippen molar-refractivity contribution in [2.24, 2.45) is 0 Å². The van der Waals surface area contributed by atoms with Crippen LogP contribution in [0.15, 0.2) is 23.7 Å². The van der Waals surface area contributed by atoms with Crippen LogP contribution in [0.2, 0.25) is 5.02 Å². The van der Waals surface area contributed by atoms with Crippen LogP contribution in [-0.4, -0.2) is 41.8 Å². The summed E-state index contributed by atoms with van der Waals surface area (Å²) >= 11 is 5.91. The molecule has 140 valence electrons. The molecule has 1 aliphatic heterocycles. The predicted octanol–water partition coefficient (Wildman–Crippen LogP) is 3.19. The van der Waals surface area contributed by atoms with Gasteiger partial charge >= 0.3 is 13.1 Å². The van der Waals surface area contributed by atoms with Gasteiger partial charge in [-0.2, -0.15) is 0 Å². The van der Waals surface area contributed by atoms with E-state index in [0.29, 0.717) is 16.1 Å². The summed E-state index contributed by atoms with van der Waals surface area (Å²) in [6, 6.07) is 4.61. The number of amides is 1. The number of carbonyl (C=O) groups is 2. The number of carboxylic acids is 1. The third-order valence-electron chi connectivity index (χ3n) is 4.68. The van der Waals surface area contributed by atoms with E-state index in [-0.39, 0.29) is 18.0 Å². The molecule has 1 saturated heterocycles. The second kappa shape index (κ2) is 7.43. The Balaban J connectivity index is 2.45. The molecular weight excluding hydrogens is 356 g/mol. The van der Waals surface area contributed by atoms with Gasteiger partial charge in [-0.3, -0.25) is 4.79 Å². The topological polar surface area (TPSA) is 84.9 Å². The lowest BCUT2D eigenvalue weighted by molar-refractivity contribution is -0.118. The van der Waals surface area contributed by atoms with Crippen LogP contribution in [0.4, 0.5) is 0 Å². The van der Waals surface area contributed by atoms with E-state index in [1.807, 2.05) is 27.7 Å². The van der Waals surface area contributed by atoms with Gasteiger partial charge in [0.2, 0.25) is 5.91 Å². The van der Waals surface area contributed by atoms with Crippen LogP contribution >= 0.6 is 11.6 Å². The first kappa shape index (κ1) is 20.5. The van der Waals surface area contributed by atoms with Gasteiger partial charge in [0.1, 0.15) is 0 Å². The molecule has 0 unspecified atom stereocenters. The molecule has 1 aromatic carbocycles. The van der Waals surface area contributed by atoms with E-state index in [1.54, 1.807) is 18.2 Å². The fraction of sp³-hybridized carbons (Fsp3) is 0.444. The van der Waals surface area contributed by atoms with Gasteiger partial charge in [-0.1, -0.05) is 23.7 Å². The molecule has 6 nitrogen and oxygen atoms in total. The average molecular weight is 380 g/mol. The molecule has 2 rings (SSSR count). The SMILES string of the molecule is CC(=O)NCC(=Cc1ccc(Cl)cc1C(=O)O)B1OC(C)(C)C(C)(C)O1. The lowest BCUT2D eigenvalue weighted by Gasteiger charge is -2.32. The Morgan fingerprint density at radius 1 is 1.23 bits per heavy atom. The summed E-state index contributed by atoms with van der Waals surface area (Å²) in [7, 11) is -0.704. The normalized spacial score (nSPS) is 18.7. The van der Waals surface area contributed by atoms with E-state index in [0.717, 1.165) is 0 Å². The summed E-state index contributed by atoms with van der Waals surface area (Å²) in [5.74, 6) is -1.30. The van der Waals surface area contributed by atoms with Gasteiger partial charge < -0.3 is 19.7 Å². The van der Waals surface area contributed by atoms with Gasteiger partial charge in [0.05, 0.1) is 16.8 Å². The molecule has 0 atom stereocenters. The smallest absolute Gasteiger partial charge is 0.478 e. The maximum absolute atomic E-state index is 11.5. The minimum atomic E-state index is -1.09. The van der Waals surface area contributed by atoms with Crippen LogP contribution in [0.1, 0.15) is 50.5 Å². The van der Waals surface area contributed by atoms with E-state index in [9.17, 15) is 14.7 Å². The van der Waals surface area contributed by atoms with E-state index < -0.39 is 24.3 Å². The standard InChI is InChI=1S/C18H23BClNO5/c1-11(22)21-10-13(19-25-17(2,3)18(4,5)26-19)8-12-6-7-14(20)9-15(12)16(23)24/h6-9H,10H2,1-5H3,(H,21,22)(H,23,24). The van der Waals surface area contributed by atoms with Crippen molar-refractivity contribution in [3.05, 3.63) is 39.8 Å². The molecule has 1 heterocycles. The Hall–Kier alpha value is -1.83. The first-order valence-electron chi connectivity index (χ1n) is 8.26. The van der Waals surface area contributed by atoms with Gasteiger partial charge in [0.25, 0.3) is 0 Å². The lowest BCUT2D eigenvalue weighted by Crippen LogP contribution is -2.41. The van der Waals surface area contributed by atoms with Crippen LogP contribution in [0.5, 0.6) is 0 Å². The highest BCUT2D eigenvalue weighted by Crippen LogP contribution is 2.38. The summed E-state index contributed by atoms with van der Waals surface area (Å²) in [6.07, 6.45) is 1.66. The van der Waals surface area contributed by atoms with E-state index in [2.05, 4.69) is 5.32 Å². The molecule has 0 spiro atoms. The number of nitrogens with one attached hydrogen (secondary N) is 1. The minimum absolute atomic E-state index is 0.0642. The maximum Gasteiger partial charge on any atom is 0.492 e. The highest BCUT2D eigenvalue weighted by Gasteiger charge is 2.52. The first-order valence-corrected chi connectivity index (χ1v) is 8.64. The highest BCUT2D eigenvalue weighted by molar-refractivity contribution is 6.56. The number of carboxylic acid groups (broad SMARTS) is 1. The van der Waals surface area contributed by atoms with Crippen LogP contribution in [-0.2, 0) is 14.1 Å². The molecule has 0 aromatic heterocycles. The second-order valence-corrected chi connectivity index (χ2v) is 7.69. The monoisotopic (exact) mass is 379 g/mol. The van der Waals surface area contributed by atoms with Gasteiger partial charge in [-0.25, -0.2) is 4.79 Å². The molecule has 1 aliphatic rings. The van der Waals surface area contributed by atoms with Gasteiger partial charge in [0, 0.05) is 18.5 Å². The Morgan fingerprint density at radius 2 is 1.81 bits per heavy atom. The third kappa shape index (κ3) is 4.47. The third-order valence-corrected chi connectivity index (χ3v) is 4.92. The molecule has 0 bridgehead atoms. The summed E-state index contributed by atoms with van der Waals surface area (Å²) < 4.78 is 12.1. The summed E-state index contributed by atoms with van der Waals surface area (Å²) in [5.41, 5.74) is 0.0283. The van der Waals surface area contributed by atoms with Crippen LogP contribution in [0, 0.1) is 0 Å². The molecule has 1 aromatic rings. The van der Waals surface area contributed by atoms with E-state index >= 15 is 0 Å². The highest BCUT2D eigenvalue weighted by atomic mass is 35.5. The van der Waals surface area contributed by atoms with Gasteiger partial charge in [-0.05, 0) is 50.9 Å². The molecular formula is C18H23BClNO5. The molecule has 0 radical (unpaired) electrons. The van der Waals surface area contributed by atoms with Crippen LogP contribution in [0.3, 0.4) is 0 Å². The fourth-order valence-electron chi connectivity index (χ4n) is 2.46.